The lowest BCUT2D eigenvalue weighted by Crippen LogP contribution is -2.26. The molecular formula is C7H20Cl2N2. The summed E-state index contributed by atoms with van der Waals surface area (Å²) in [5.74, 6) is 0. The van der Waals surface area contributed by atoms with E-state index in [0.29, 0.717) is 0 Å². The number of halogens is 2. The first-order chi connectivity index (χ1) is 4.27. The lowest BCUT2D eigenvalue weighted by atomic mass is 10.4. The van der Waals surface area contributed by atoms with Gasteiger partial charge in [0.25, 0.3) is 0 Å². The molecule has 0 radical (unpaired) electrons. The van der Waals surface area contributed by atoms with Crippen molar-refractivity contribution in [1.82, 2.24) is 10.2 Å². The second kappa shape index (κ2) is 13.1. The van der Waals surface area contributed by atoms with Gasteiger partial charge in [-0.2, -0.15) is 0 Å². The first kappa shape index (κ1) is 17.5. The molecule has 0 unspecified atom stereocenters. The van der Waals surface area contributed by atoms with E-state index in [1.54, 1.807) is 0 Å². The van der Waals surface area contributed by atoms with Gasteiger partial charge in [-0.3, -0.25) is 0 Å². The Kier molecular flexibility index (Phi) is 20.9. The molecule has 0 fully saturated rings. The Morgan fingerprint density at radius 3 is 2.00 bits per heavy atom. The minimum absolute atomic E-state index is 0. The second-order valence-electron chi connectivity index (χ2n) is 2.55. The molecule has 0 heterocycles. The van der Waals surface area contributed by atoms with E-state index in [9.17, 15) is 0 Å². The topological polar surface area (TPSA) is 15.3 Å². The largest absolute Gasteiger partial charge is 0.315 e. The van der Waals surface area contributed by atoms with Gasteiger partial charge in [0.15, 0.2) is 0 Å². The lowest BCUT2D eigenvalue weighted by molar-refractivity contribution is 0.400. The Hall–Kier alpha value is 0.500. The van der Waals surface area contributed by atoms with E-state index >= 15 is 0 Å². The van der Waals surface area contributed by atoms with Crippen LogP contribution >= 0.6 is 24.8 Å². The van der Waals surface area contributed by atoms with E-state index in [2.05, 4.69) is 31.2 Å². The van der Waals surface area contributed by atoms with Gasteiger partial charge in [-0.1, -0.05) is 6.92 Å². The molecule has 0 aromatic rings. The molecule has 11 heavy (non-hydrogen) atoms. The average molecular weight is 203 g/mol. The third-order valence-corrected chi connectivity index (χ3v) is 1.16. The SMILES string of the molecule is CCCNCCN(C)C.Cl.Cl. The van der Waals surface area contributed by atoms with Gasteiger partial charge in [0.2, 0.25) is 0 Å². The molecule has 0 aliphatic rings. The summed E-state index contributed by atoms with van der Waals surface area (Å²) in [4.78, 5) is 2.18. The number of likely N-dealkylation sites (N-methyl/N-ethyl adjacent to an activating group) is 1. The molecule has 0 aromatic carbocycles. The third-order valence-electron chi connectivity index (χ3n) is 1.16. The summed E-state index contributed by atoms with van der Waals surface area (Å²) in [6, 6.07) is 0. The minimum atomic E-state index is 0. The predicted octanol–water partition coefficient (Wildman–Crippen LogP) is 1.39. The molecule has 0 saturated carbocycles. The van der Waals surface area contributed by atoms with Gasteiger partial charge >= 0.3 is 0 Å². The van der Waals surface area contributed by atoms with Crippen molar-refractivity contribution in [3.05, 3.63) is 0 Å². The average Bonchev–Trinajstić information content (AvgIpc) is 1.80. The van der Waals surface area contributed by atoms with Crippen molar-refractivity contribution >= 4 is 24.8 Å². The van der Waals surface area contributed by atoms with Crippen LogP contribution in [0.3, 0.4) is 0 Å². The molecule has 4 heteroatoms. The van der Waals surface area contributed by atoms with Crippen molar-refractivity contribution in [3.63, 3.8) is 0 Å². The molecule has 0 saturated heterocycles. The summed E-state index contributed by atoms with van der Waals surface area (Å²) in [7, 11) is 4.18. The zero-order valence-corrected chi connectivity index (χ0v) is 9.23. The van der Waals surface area contributed by atoms with Crippen LogP contribution in [0.4, 0.5) is 0 Å². The first-order valence-electron chi connectivity index (χ1n) is 3.62. The Morgan fingerprint density at radius 2 is 1.64 bits per heavy atom. The van der Waals surface area contributed by atoms with E-state index in [4.69, 9.17) is 0 Å². The fourth-order valence-corrected chi connectivity index (χ4v) is 0.604. The number of hydrogen-bond acceptors (Lipinski definition) is 2. The van der Waals surface area contributed by atoms with Crippen LogP contribution < -0.4 is 5.32 Å². The van der Waals surface area contributed by atoms with Crippen molar-refractivity contribution in [2.75, 3.05) is 33.7 Å². The minimum Gasteiger partial charge on any atom is -0.315 e. The Bertz CT molecular complexity index is 60.4. The summed E-state index contributed by atoms with van der Waals surface area (Å²) in [5.41, 5.74) is 0. The van der Waals surface area contributed by atoms with E-state index in [0.717, 1.165) is 19.6 Å². The quantitative estimate of drug-likeness (QED) is 0.679. The molecule has 2 nitrogen and oxygen atoms in total. The molecule has 1 N–H and O–H groups in total. The Balaban J connectivity index is -0.000000320. The highest BCUT2D eigenvalue weighted by atomic mass is 35.5. The highest BCUT2D eigenvalue weighted by Gasteiger charge is 1.86. The number of nitrogens with zero attached hydrogens (tertiary/aromatic N) is 1. The fraction of sp³-hybridized carbons (Fsp3) is 1.00. The molecule has 0 spiro atoms. The van der Waals surface area contributed by atoms with Crippen LogP contribution in [0.25, 0.3) is 0 Å². The number of nitrogens with one attached hydrogen (secondary N) is 1. The number of rotatable bonds is 5. The van der Waals surface area contributed by atoms with Gasteiger partial charge in [-0.15, -0.1) is 24.8 Å². The maximum atomic E-state index is 3.32. The highest BCUT2D eigenvalue weighted by Crippen LogP contribution is 1.72. The van der Waals surface area contributed by atoms with Crippen LogP contribution in [0.5, 0.6) is 0 Å². The van der Waals surface area contributed by atoms with Crippen LogP contribution in [0.2, 0.25) is 0 Å². The monoisotopic (exact) mass is 202 g/mol. The van der Waals surface area contributed by atoms with Crippen molar-refractivity contribution in [2.24, 2.45) is 0 Å². The molecule has 0 aliphatic heterocycles. The summed E-state index contributed by atoms with van der Waals surface area (Å²) >= 11 is 0. The maximum Gasteiger partial charge on any atom is 0.0101 e. The molecule has 0 atom stereocenters. The normalized spacial score (nSPS) is 8.73. The highest BCUT2D eigenvalue weighted by molar-refractivity contribution is 5.85. The molecule has 0 bridgehead atoms. The van der Waals surface area contributed by atoms with Crippen molar-refractivity contribution in [3.8, 4) is 0 Å². The maximum absolute atomic E-state index is 3.32. The molecule has 0 rings (SSSR count). The standard InChI is InChI=1S/C7H18N2.2ClH/c1-4-5-8-6-7-9(2)3;;/h8H,4-7H2,1-3H3;2*1H. The zero-order chi connectivity index (χ0) is 7.11. The van der Waals surface area contributed by atoms with Gasteiger partial charge in [-0.05, 0) is 27.1 Å². The smallest absolute Gasteiger partial charge is 0.0101 e. The van der Waals surface area contributed by atoms with Crippen LogP contribution in [0.1, 0.15) is 13.3 Å². The van der Waals surface area contributed by atoms with E-state index in [1.807, 2.05) is 0 Å². The molecule has 0 amide bonds. The van der Waals surface area contributed by atoms with Crippen LogP contribution in [0.15, 0.2) is 0 Å². The fourth-order valence-electron chi connectivity index (χ4n) is 0.604. The van der Waals surface area contributed by atoms with Crippen LogP contribution in [0, 0.1) is 0 Å². The first-order valence-corrected chi connectivity index (χ1v) is 3.62. The van der Waals surface area contributed by atoms with Gasteiger partial charge in [0.1, 0.15) is 0 Å². The predicted molar refractivity (Wildman–Crippen MR) is 56.2 cm³/mol. The molecule has 0 aliphatic carbocycles. The molecule has 0 aromatic heterocycles. The van der Waals surface area contributed by atoms with Gasteiger partial charge in [0.05, 0.1) is 0 Å². The molecular weight excluding hydrogens is 183 g/mol. The summed E-state index contributed by atoms with van der Waals surface area (Å²) < 4.78 is 0. The van der Waals surface area contributed by atoms with Crippen LogP contribution in [-0.4, -0.2) is 38.6 Å². The third kappa shape index (κ3) is 18.0. The number of hydrogen-bond donors (Lipinski definition) is 1. The van der Waals surface area contributed by atoms with Crippen molar-refractivity contribution < 1.29 is 0 Å². The summed E-state index contributed by atoms with van der Waals surface area (Å²) in [6.07, 6.45) is 1.23. The molecule has 72 valence electrons. The van der Waals surface area contributed by atoms with E-state index in [1.165, 1.54) is 6.42 Å². The van der Waals surface area contributed by atoms with E-state index in [-0.39, 0.29) is 24.8 Å². The zero-order valence-electron chi connectivity index (χ0n) is 7.59. The van der Waals surface area contributed by atoms with Gasteiger partial charge in [0, 0.05) is 13.1 Å². The lowest BCUT2D eigenvalue weighted by Gasteiger charge is -2.08. The van der Waals surface area contributed by atoms with Gasteiger partial charge in [-0.25, -0.2) is 0 Å². The van der Waals surface area contributed by atoms with E-state index < -0.39 is 0 Å². The summed E-state index contributed by atoms with van der Waals surface area (Å²) in [5, 5.41) is 3.32. The second-order valence-corrected chi connectivity index (χ2v) is 2.55. The van der Waals surface area contributed by atoms with Gasteiger partial charge < -0.3 is 10.2 Å². The van der Waals surface area contributed by atoms with Crippen LogP contribution in [-0.2, 0) is 0 Å². The Morgan fingerprint density at radius 1 is 1.09 bits per heavy atom. The Labute approximate surface area is 82.5 Å². The van der Waals surface area contributed by atoms with Crippen molar-refractivity contribution in [2.45, 2.75) is 13.3 Å². The summed E-state index contributed by atoms with van der Waals surface area (Å²) in [6.45, 7) is 5.58. The van der Waals surface area contributed by atoms with Crippen molar-refractivity contribution in [1.29, 1.82) is 0 Å².